The van der Waals surface area contributed by atoms with Gasteiger partial charge < -0.3 is 10.2 Å². The summed E-state index contributed by atoms with van der Waals surface area (Å²) in [5.74, 6) is 0. The van der Waals surface area contributed by atoms with Gasteiger partial charge in [-0.25, -0.2) is 0 Å². The SMILES string of the molecule is CCCCC(O)NCCCCO. The normalized spacial score (nSPS) is 13.2. The summed E-state index contributed by atoms with van der Waals surface area (Å²) in [5, 5.41) is 20.8. The first-order valence-electron chi connectivity index (χ1n) is 4.83. The number of rotatable bonds is 8. The fourth-order valence-corrected chi connectivity index (χ4v) is 1.01. The van der Waals surface area contributed by atoms with Gasteiger partial charge in [0.05, 0.1) is 0 Å². The Bertz CT molecular complexity index is 88.6. The zero-order valence-corrected chi connectivity index (χ0v) is 7.92. The number of aliphatic hydroxyl groups is 2. The average Bonchev–Trinajstić information content (AvgIpc) is 2.09. The minimum absolute atomic E-state index is 0.243. The molecule has 0 heterocycles. The van der Waals surface area contributed by atoms with Crippen molar-refractivity contribution >= 4 is 0 Å². The Balaban J connectivity index is 3.02. The van der Waals surface area contributed by atoms with E-state index in [1.54, 1.807) is 0 Å². The fourth-order valence-electron chi connectivity index (χ4n) is 1.01. The molecular formula is C9H21NO2. The summed E-state index contributed by atoms with van der Waals surface area (Å²) in [6, 6.07) is 0. The van der Waals surface area contributed by atoms with Gasteiger partial charge >= 0.3 is 0 Å². The van der Waals surface area contributed by atoms with Crippen LogP contribution >= 0.6 is 0 Å². The van der Waals surface area contributed by atoms with E-state index in [-0.39, 0.29) is 12.8 Å². The standard InChI is InChI=1S/C9H21NO2/c1-2-3-6-9(12)10-7-4-5-8-11/h9-12H,2-8H2,1H3. The smallest absolute Gasteiger partial charge is 0.104 e. The predicted molar refractivity (Wildman–Crippen MR) is 49.9 cm³/mol. The second kappa shape index (κ2) is 8.97. The van der Waals surface area contributed by atoms with Crippen molar-refractivity contribution in [2.45, 2.75) is 45.3 Å². The van der Waals surface area contributed by atoms with Gasteiger partial charge in [0, 0.05) is 6.61 Å². The summed E-state index contributed by atoms with van der Waals surface area (Å²) < 4.78 is 0. The number of unbranched alkanes of at least 4 members (excludes halogenated alkanes) is 2. The van der Waals surface area contributed by atoms with E-state index >= 15 is 0 Å². The van der Waals surface area contributed by atoms with Gasteiger partial charge in [0.15, 0.2) is 0 Å². The Morgan fingerprint density at radius 3 is 2.58 bits per heavy atom. The van der Waals surface area contributed by atoms with Crippen LogP contribution in [0.3, 0.4) is 0 Å². The van der Waals surface area contributed by atoms with Gasteiger partial charge in [-0.1, -0.05) is 13.3 Å². The van der Waals surface area contributed by atoms with Crippen molar-refractivity contribution in [2.75, 3.05) is 13.2 Å². The molecule has 12 heavy (non-hydrogen) atoms. The first-order valence-corrected chi connectivity index (χ1v) is 4.83. The van der Waals surface area contributed by atoms with Gasteiger partial charge in [0.1, 0.15) is 6.23 Å². The van der Waals surface area contributed by atoms with E-state index in [0.29, 0.717) is 0 Å². The molecule has 0 amide bonds. The van der Waals surface area contributed by atoms with Gasteiger partial charge in [-0.2, -0.15) is 0 Å². The first kappa shape index (κ1) is 11.9. The van der Waals surface area contributed by atoms with E-state index in [1.165, 1.54) is 0 Å². The molecule has 3 N–H and O–H groups in total. The molecule has 0 fully saturated rings. The highest BCUT2D eigenvalue weighted by molar-refractivity contribution is 4.53. The number of aliphatic hydroxyl groups excluding tert-OH is 2. The molecule has 0 saturated heterocycles. The summed E-state index contributed by atoms with van der Waals surface area (Å²) in [7, 11) is 0. The molecule has 3 heteroatoms. The number of hydrogen-bond donors (Lipinski definition) is 3. The number of nitrogens with one attached hydrogen (secondary N) is 1. The Hall–Kier alpha value is -0.120. The molecule has 0 aromatic heterocycles. The molecule has 0 aliphatic heterocycles. The van der Waals surface area contributed by atoms with Crippen LogP contribution in [0, 0.1) is 0 Å². The molecule has 0 aromatic carbocycles. The van der Waals surface area contributed by atoms with Gasteiger partial charge in [0.25, 0.3) is 0 Å². The highest BCUT2D eigenvalue weighted by Crippen LogP contribution is 1.97. The third-order valence-electron chi connectivity index (χ3n) is 1.80. The van der Waals surface area contributed by atoms with Gasteiger partial charge in [-0.05, 0) is 32.2 Å². The molecule has 0 aromatic rings. The highest BCUT2D eigenvalue weighted by Gasteiger charge is 2.00. The van der Waals surface area contributed by atoms with Gasteiger partial charge in [-0.15, -0.1) is 0 Å². The van der Waals surface area contributed by atoms with E-state index in [4.69, 9.17) is 5.11 Å². The second-order valence-corrected chi connectivity index (χ2v) is 3.04. The monoisotopic (exact) mass is 175 g/mol. The lowest BCUT2D eigenvalue weighted by atomic mass is 10.2. The first-order chi connectivity index (χ1) is 5.81. The Morgan fingerprint density at radius 2 is 2.00 bits per heavy atom. The lowest BCUT2D eigenvalue weighted by Crippen LogP contribution is -2.29. The molecule has 0 radical (unpaired) electrons. The van der Waals surface area contributed by atoms with E-state index in [1.807, 2.05) is 0 Å². The van der Waals surface area contributed by atoms with Crippen molar-refractivity contribution in [2.24, 2.45) is 0 Å². The van der Waals surface area contributed by atoms with Crippen LogP contribution in [-0.2, 0) is 0 Å². The molecule has 0 saturated carbocycles. The summed E-state index contributed by atoms with van der Waals surface area (Å²) in [4.78, 5) is 0. The third kappa shape index (κ3) is 7.98. The lowest BCUT2D eigenvalue weighted by molar-refractivity contribution is 0.124. The van der Waals surface area contributed by atoms with Crippen molar-refractivity contribution < 1.29 is 10.2 Å². The van der Waals surface area contributed by atoms with Crippen molar-refractivity contribution in [1.82, 2.24) is 5.32 Å². The molecule has 0 aliphatic carbocycles. The molecule has 0 bridgehead atoms. The topological polar surface area (TPSA) is 52.5 Å². The largest absolute Gasteiger partial charge is 0.396 e. The zero-order valence-electron chi connectivity index (χ0n) is 7.92. The van der Waals surface area contributed by atoms with Crippen LogP contribution in [0.1, 0.15) is 39.0 Å². The Morgan fingerprint density at radius 1 is 1.25 bits per heavy atom. The van der Waals surface area contributed by atoms with E-state index in [2.05, 4.69) is 12.2 Å². The summed E-state index contributed by atoms with van der Waals surface area (Å²) in [6.45, 7) is 3.15. The predicted octanol–water partition coefficient (Wildman–Crippen LogP) is 0.857. The minimum Gasteiger partial charge on any atom is -0.396 e. The highest BCUT2D eigenvalue weighted by atomic mass is 16.3. The minimum atomic E-state index is -0.358. The maximum Gasteiger partial charge on any atom is 0.104 e. The molecule has 0 spiro atoms. The zero-order chi connectivity index (χ0) is 9.23. The van der Waals surface area contributed by atoms with Crippen molar-refractivity contribution in [1.29, 1.82) is 0 Å². The molecule has 3 nitrogen and oxygen atoms in total. The van der Waals surface area contributed by atoms with Crippen molar-refractivity contribution in [3.05, 3.63) is 0 Å². The molecule has 0 rings (SSSR count). The van der Waals surface area contributed by atoms with Crippen LogP contribution in [-0.4, -0.2) is 29.6 Å². The van der Waals surface area contributed by atoms with E-state index in [9.17, 15) is 5.11 Å². The summed E-state index contributed by atoms with van der Waals surface area (Å²) in [6.07, 6.45) is 4.40. The lowest BCUT2D eigenvalue weighted by Gasteiger charge is -2.11. The third-order valence-corrected chi connectivity index (χ3v) is 1.80. The molecule has 1 atom stereocenters. The second-order valence-electron chi connectivity index (χ2n) is 3.04. The van der Waals surface area contributed by atoms with Crippen LogP contribution < -0.4 is 5.32 Å². The van der Waals surface area contributed by atoms with Crippen molar-refractivity contribution in [3.63, 3.8) is 0 Å². The van der Waals surface area contributed by atoms with Crippen LogP contribution in [0.5, 0.6) is 0 Å². The summed E-state index contributed by atoms with van der Waals surface area (Å²) >= 11 is 0. The average molecular weight is 175 g/mol. The molecule has 1 unspecified atom stereocenters. The fraction of sp³-hybridized carbons (Fsp3) is 1.00. The Kier molecular flexibility index (Phi) is 8.88. The van der Waals surface area contributed by atoms with Crippen LogP contribution in [0.4, 0.5) is 0 Å². The quantitative estimate of drug-likeness (QED) is 0.379. The van der Waals surface area contributed by atoms with Crippen LogP contribution in [0.15, 0.2) is 0 Å². The maximum absolute atomic E-state index is 9.31. The van der Waals surface area contributed by atoms with E-state index in [0.717, 1.165) is 38.6 Å². The molecular weight excluding hydrogens is 154 g/mol. The van der Waals surface area contributed by atoms with Crippen LogP contribution in [0.2, 0.25) is 0 Å². The number of hydrogen-bond acceptors (Lipinski definition) is 3. The van der Waals surface area contributed by atoms with E-state index < -0.39 is 0 Å². The summed E-state index contributed by atoms with van der Waals surface area (Å²) in [5.41, 5.74) is 0. The van der Waals surface area contributed by atoms with Gasteiger partial charge in [-0.3, -0.25) is 5.32 Å². The van der Waals surface area contributed by atoms with Gasteiger partial charge in [0.2, 0.25) is 0 Å². The van der Waals surface area contributed by atoms with Crippen molar-refractivity contribution in [3.8, 4) is 0 Å². The molecule has 0 aliphatic rings. The maximum atomic E-state index is 9.31. The Labute approximate surface area is 74.8 Å². The molecule has 74 valence electrons. The van der Waals surface area contributed by atoms with Crippen LogP contribution in [0.25, 0.3) is 0 Å².